The van der Waals surface area contributed by atoms with E-state index in [9.17, 15) is 45.6 Å². The first-order valence-electron chi connectivity index (χ1n) is 38.6. The number of ether oxygens (including phenoxy) is 4. The smallest absolute Gasteiger partial charge is 0.220 e. The average molecular weight is 1280 g/mol. The summed E-state index contributed by atoms with van der Waals surface area (Å²) in [4.78, 5) is 13.4. The molecule has 12 unspecified atom stereocenters. The Morgan fingerprint density at radius 3 is 1.09 bits per heavy atom. The molecule has 0 aromatic heterocycles. The molecule has 2 aliphatic heterocycles. The number of hydrogen-bond donors (Lipinski definition) is 9. The van der Waals surface area contributed by atoms with Gasteiger partial charge in [0.25, 0.3) is 0 Å². The van der Waals surface area contributed by atoms with Crippen LogP contribution in [0.4, 0.5) is 0 Å². The van der Waals surface area contributed by atoms with Crippen LogP contribution in [0.15, 0.2) is 24.3 Å². The summed E-state index contributed by atoms with van der Waals surface area (Å²) in [5.74, 6) is -0.240. The molecule has 2 saturated heterocycles. The van der Waals surface area contributed by atoms with Gasteiger partial charge in [-0.1, -0.05) is 346 Å². The van der Waals surface area contributed by atoms with Crippen LogP contribution < -0.4 is 5.32 Å². The van der Waals surface area contributed by atoms with Crippen LogP contribution in [0, 0.1) is 0 Å². The van der Waals surface area contributed by atoms with Gasteiger partial charge in [-0.15, -0.1) is 0 Å². The summed E-state index contributed by atoms with van der Waals surface area (Å²) in [5.41, 5.74) is 0. The minimum Gasteiger partial charge on any atom is -0.394 e. The van der Waals surface area contributed by atoms with Crippen LogP contribution in [0.2, 0.25) is 0 Å². The molecule has 2 aliphatic rings. The van der Waals surface area contributed by atoms with E-state index in [1.54, 1.807) is 6.08 Å². The number of nitrogens with one attached hydrogen (secondary N) is 1. The molecule has 14 heteroatoms. The molecule has 532 valence electrons. The van der Waals surface area contributed by atoms with Crippen LogP contribution in [0.1, 0.15) is 361 Å². The maximum Gasteiger partial charge on any atom is 0.220 e. The Morgan fingerprint density at radius 2 is 0.711 bits per heavy atom. The zero-order chi connectivity index (χ0) is 65.2. The third kappa shape index (κ3) is 44.3. The second-order valence-corrected chi connectivity index (χ2v) is 27.5. The fourth-order valence-corrected chi connectivity index (χ4v) is 13.0. The number of rotatable bonds is 65. The van der Waals surface area contributed by atoms with Crippen molar-refractivity contribution in [1.82, 2.24) is 5.32 Å². The van der Waals surface area contributed by atoms with E-state index in [0.717, 1.165) is 32.1 Å². The maximum atomic E-state index is 13.4. The first-order valence-corrected chi connectivity index (χ1v) is 38.6. The third-order valence-corrected chi connectivity index (χ3v) is 19.1. The highest BCUT2D eigenvalue weighted by molar-refractivity contribution is 5.76. The van der Waals surface area contributed by atoms with E-state index in [1.807, 2.05) is 6.08 Å². The summed E-state index contributed by atoms with van der Waals surface area (Å²) >= 11 is 0. The van der Waals surface area contributed by atoms with Gasteiger partial charge in [0.05, 0.1) is 32.0 Å². The Bertz CT molecular complexity index is 1600. The van der Waals surface area contributed by atoms with Gasteiger partial charge in [-0.25, -0.2) is 0 Å². The van der Waals surface area contributed by atoms with Gasteiger partial charge in [0.1, 0.15) is 48.8 Å². The molecular weight excluding hydrogens is 1130 g/mol. The predicted octanol–water partition coefficient (Wildman–Crippen LogP) is 16.7. The minimum atomic E-state index is -1.79. The van der Waals surface area contributed by atoms with Crippen molar-refractivity contribution in [2.45, 2.75) is 434 Å². The normalized spacial score (nSPS) is 23.0. The Kier molecular flexibility index (Phi) is 57.4. The fourth-order valence-electron chi connectivity index (χ4n) is 13.0. The van der Waals surface area contributed by atoms with Gasteiger partial charge in [0, 0.05) is 6.42 Å². The number of hydrogen-bond acceptors (Lipinski definition) is 13. The summed E-state index contributed by atoms with van der Waals surface area (Å²) in [5, 5.41) is 87.6. The van der Waals surface area contributed by atoms with Crippen molar-refractivity contribution in [3.63, 3.8) is 0 Å². The van der Waals surface area contributed by atoms with E-state index in [2.05, 4.69) is 31.3 Å². The van der Waals surface area contributed by atoms with E-state index < -0.39 is 86.8 Å². The van der Waals surface area contributed by atoms with Crippen molar-refractivity contribution >= 4 is 5.91 Å². The Balaban J connectivity index is 1.65. The summed E-state index contributed by atoms with van der Waals surface area (Å²) in [6.07, 6.45) is 61.2. The molecule has 0 saturated carbocycles. The van der Waals surface area contributed by atoms with Gasteiger partial charge in [-0.05, 0) is 32.1 Å². The molecule has 0 aromatic carbocycles. The number of aliphatic hydroxyl groups excluding tert-OH is 8. The Morgan fingerprint density at radius 1 is 0.389 bits per heavy atom. The number of allylic oxidation sites excluding steroid dienone is 3. The second kappa shape index (κ2) is 61.1. The van der Waals surface area contributed by atoms with Gasteiger partial charge < -0.3 is 65.1 Å². The van der Waals surface area contributed by atoms with E-state index in [-0.39, 0.29) is 18.9 Å². The lowest BCUT2D eigenvalue weighted by atomic mass is 9.97. The van der Waals surface area contributed by atoms with Crippen LogP contribution in [0.3, 0.4) is 0 Å². The summed E-state index contributed by atoms with van der Waals surface area (Å²) in [6.45, 7) is 2.85. The molecule has 0 aromatic rings. The summed E-state index contributed by atoms with van der Waals surface area (Å²) < 4.78 is 22.9. The molecular formula is C76H145NO13. The number of carbonyl (C=O) groups is 1. The molecule has 2 heterocycles. The quantitative estimate of drug-likeness (QED) is 0.0204. The zero-order valence-corrected chi connectivity index (χ0v) is 58.2. The number of aliphatic hydroxyl groups is 8. The van der Waals surface area contributed by atoms with Crippen LogP contribution >= 0.6 is 0 Å². The minimum absolute atomic E-state index is 0.240. The number of amides is 1. The first-order chi connectivity index (χ1) is 44.1. The van der Waals surface area contributed by atoms with Crippen molar-refractivity contribution < 1.29 is 64.6 Å². The third-order valence-electron chi connectivity index (χ3n) is 19.1. The molecule has 12 atom stereocenters. The van der Waals surface area contributed by atoms with Gasteiger partial charge >= 0.3 is 0 Å². The lowest BCUT2D eigenvalue weighted by Crippen LogP contribution is -2.65. The van der Waals surface area contributed by atoms with Gasteiger partial charge in [-0.2, -0.15) is 0 Å². The van der Waals surface area contributed by atoms with Crippen LogP contribution in [0.25, 0.3) is 0 Å². The maximum absolute atomic E-state index is 13.4. The Hall–Kier alpha value is -1.53. The van der Waals surface area contributed by atoms with Gasteiger partial charge in [0.2, 0.25) is 5.91 Å². The number of carbonyl (C=O) groups excluding carboxylic acids is 1. The van der Waals surface area contributed by atoms with E-state index in [1.165, 1.54) is 295 Å². The van der Waals surface area contributed by atoms with Crippen LogP contribution in [0.5, 0.6) is 0 Å². The van der Waals surface area contributed by atoms with Crippen molar-refractivity contribution in [3.8, 4) is 0 Å². The average Bonchev–Trinajstić information content (AvgIpc) is 2.49. The number of unbranched alkanes of at least 4 members (excludes halogenated alkanes) is 50. The topological polar surface area (TPSA) is 228 Å². The van der Waals surface area contributed by atoms with Gasteiger partial charge in [0.15, 0.2) is 12.6 Å². The van der Waals surface area contributed by atoms with Crippen molar-refractivity contribution in [2.75, 3.05) is 19.8 Å². The molecule has 90 heavy (non-hydrogen) atoms. The molecule has 14 nitrogen and oxygen atoms in total. The monoisotopic (exact) mass is 1280 g/mol. The highest BCUT2D eigenvalue weighted by Crippen LogP contribution is 2.30. The standard InChI is InChI=1S/C76H145NO13/c1-3-5-7-9-11-13-15-17-19-21-23-25-27-29-31-32-33-34-35-37-39-41-43-45-47-49-51-53-55-57-59-65(80)64(63-87-75-73(86)71(84)74(67(62-79)89-75)90-76-72(85)70(83)69(82)66(61-78)88-76)77-68(81)60-58-56-54-52-50-48-46-44-42-40-38-36-30-28-26-24-22-20-18-16-14-12-10-8-6-4-2/h49,51,57,59,64-67,69-76,78-80,82-86H,3-48,50,52-56,58,60-63H2,1-2H3,(H,77,81)/b51-49+,59-57+. The second-order valence-electron chi connectivity index (χ2n) is 27.5. The fraction of sp³-hybridized carbons (Fsp3) is 0.934. The highest BCUT2D eigenvalue weighted by atomic mass is 16.7. The lowest BCUT2D eigenvalue weighted by Gasteiger charge is -2.46. The first kappa shape index (κ1) is 84.6. The van der Waals surface area contributed by atoms with E-state index in [0.29, 0.717) is 12.8 Å². The van der Waals surface area contributed by atoms with Gasteiger partial charge in [-0.3, -0.25) is 4.79 Å². The molecule has 9 N–H and O–H groups in total. The Labute approximate surface area is 551 Å². The molecule has 0 radical (unpaired) electrons. The molecule has 1 amide bonds. The predicted molar refractivity (Wildman–Crippen MR) is 369 cm³/mol. The SMILES string of the molecule is CCCCCCCCCCCCCCCCCCCCCCCCCC/C=C/CC/C=C/C(O)C(COC1OC(CO)C(OC2OC(CO)C(O)C(O)C2O)C(O)C1O)NC(=O)CCCCCCCCCCCCCCCCCCCCCCCCCCCC. The van der Waals surface area contributed by atoms with Crippen LogP contribution in [-0.4, -0.2) is 140 Å². The summed E-state index contributed by atoms with van der Waals surface area (Å²) in [7, 11) is 0. The molecule has 2 rings (SSSR count). The molecule has 2 fully saturated rings. The largest absolute Gasteiger partial charge is 0.394 e. The zero-order valence-electron chi connectivity index (χ0n) is 58.2. The lowest BCUT2D eigenvalue weighted by molar-refractivity contribution is -0.359. The van der Waals surface area contributed by atoms with Crippen molar-refractivity contribution in [1.29, 1.82) is 0 Å². The van der Waals surface area contributed by atoms with Crippen molar-refractivity contribution in [2.24, 2.45) is 0 Å². The summed E-state index contributed by atoms with van der Waals surface area (Å²) in [6, 6.07) is -0.930. The van der Waals surface area contributed by atoms with E-state index in [4.69, 9.17) is 18.9 Å². The highest BCUT2D eigenvalue weighted by Gasteiger charge is 2.51. The molecule has 0 bridgehead atoms. The van der Waals surface area contributed by atoms with Crippen LogP contribution in [-0.2, 0) is 23.7 Å². The van der Waals surface area contributed by atoms with Crippen molar-refractivity contribution in [3.05, 3.63) is 24.3 Å². The molecule has 0 spiro atoms. The van der Waals surface area contributed by atoms with E-state index >= 15 is 0 Å². The molecule has 0 aliphatic carbocycles.